The van der Waals surface area contributed by atoms with Gasteiger partial charge in [0.2, 0.25) is 0 Å². The Morgan fingerprint density at radius 3 is 2.14 bits per heavy atom. The summed E-state index contributed by atoms with van der Waals surface area (Å²) in [6.45, 7) is 4.10. The first-order valence-electron chi connectivity index (χ1n) is 12.6. The summed E-state index contributed by atoms with van der Waals surface area (Å²) in [6, 6.07) is 18.8. The van der Waals surface area contributed by atoms with Gasteiger partial charge in [-0.25, -0.2) is 4.57 Å². The van der Waals surface area contributed by atoms with E-state index >= 15 is 0 Å². The summed E-state index contributed by atoms with van der Waals surface area (Å²) in [4.78, 5) is 0. The third-order valence-corrected chi connectivity index (χ3v) is 7.34. The predicted molar refractivity (Wildman–Crippen MR) is 137 cm³/mol. The maximum atomic E-state index is 13.8. The van der Waals surface area contributed by atoms with Gasteiger partial charge in [0.15, 0.2) is 12.1 Å². The zero-order valence-corrected chi connectivity index (χ0v) is 22.2. The van der Waals surface area contributed by atoms with Gasteiger partial charge in [-0.1, -0.05) is 66.6 Å². The monoisotopic (exact) mass is 530 g/mol. The van der Waals surface area contributed by atoms with Crippen molar-refractivity contribution in [3.05, 3.63) is 71.8 Å². The molecule has 2 aliphatic heterocycles. The second-order valence-corrected chi connectivity index (χ2v) is 11.1. The normalized spacial score (nSPS) is 24.4. The Kier molecular flexibility index (Phi) is 9.94. The number of terminal acetylenes is 1. The van der Waals surface area contributed by atoms with Crippen LogP contribution in [0.25, 0.3) is 0 Å². The highest BCUT2D eigenvalue weighted by Gasteiger charge is 2.47. The SMILES string of the molecule is C#C[C@H]1OC(C)(C)O[C@@H]1[C@@H](COP(=O)(OCc1ccccc1)OCc1ccccc1)OC1CCCCO1. The summed E-state index contributed by atoms with van der Waals surface area (Å²) >= 11 is 0. The molecule has 4 rings (SSSR count). The van der Waals surface area contributed by atoms with Gasteiger partial charge in [0.05, 0.1) is 19.8 Å². The second kappa shape index (κ2) is 13.1. The Labute approximate surface area is 219 Å². The van der Waals surface area contributed by atoms with E-state index in [1.165, 1.54) is 0 Å². The molecule has 4 atom stereocenters. The molecule has 0 aromatic heterocycles. The number of benzene rings is 2. The van der Waals surface area contributed by atoms with E-state index in [1.54, 1.807) is 13.8 Å². The van der Waals surface area contributed by atoms with E-state index in [-0.39, 0.29) is 19.8 Å². The van der Waals surface area contributed by atoms with Crippen LogP contribution >= 0.6 is 7.82 Å². The summed E-state index contributed by atoms with van der Waals surface area (Å²) in [6.07, 6.45) is 5.87. The van der Waals surface area contributed by atoms with Gasteiger partial charge in [-0.05, 0) is 44.2 Å². The number of ether oxygens (including phenoxy) is 4. The fourth-order valence-electron chi connectivity index (χ4n) is 4.15. The molecule has 0 aliphatic carbocycles. The van der Waals surface area contributed by atoms with Crippen molar-refractivity contribution in [2.45, 2.75) is 76.7 Å². The van der Waals surface area contributed by atoms with E-state index in [1.807, 2.05) is 60.7 Å². The quantitative estimate of drug-likeness (QED) is 0.259. The van der Waals surface area contributed by atoms with Gasteiger partial charge in [-0.3, -0.25) is 13.6 Å². The first kappa shape index (κ1) is 28.0. The molecule has 2 saturated heterocycles. The van der Waals surface area contributed by atoms with Crippen molar-refractivity contribution in [1.29, 1.82) is 0 Å². The van der Waals surface area contributed by atoms with Crippen molar-refractivity contribution < 1.29 is 37.1 Å². The van der Waals surface area contributed by atoms with Crippen molar-refractivity contribution in [3.63, 3.8) is 0 Å². The lowest BCUT2D eigenvalue weighted by atomic mass is 10.1. The molecule has 0 amide bonds. The summed E-state index contributed by atoms with van der Waals surface area (Å²) in [5.74, 6) is 1.71. The molecule has 2 fully saturated rings. The van der Waals surface area contributed by atoms with Crippen molar-refractivity contribution >= 4 is 7.82 Å². The minimum atomic E-state index is -4.03. The zero-order chi connectivity index (χ0) is 26.1. The fraction of sp³-hybridized carbons (Fsp3) is 0.500. The highest BCUT2D eigenvalue weighted by molar-refractivity contribution is 7.48. The number of phosphoric ester groups is 1. The molecule has 8 nitrogen and oxygen atoms in total. The summed E-state index contributed by atoms with van der Waals surface area (Å²) in [7, 11) is -4.03. The van der Waals surface area contributed by atoms with Crippen LogP contribution in [0.1, 0.15) is 44.2 Å². The van der Waals surface area contributed by atoms with E-state index in [0.29, 0.717) is 6.61 Å². The highest BCUT2D eigenvalue weighted by atomic mass is 31.2. The molecule has 0 saturated carbocycles. The Morgan fingerprint density at radius 1 is 0.973 bits per heavy atom. The smallest absolute Gasteiger partial charge is 0.353 e. The molecule has 200 valence electrons. The Morgan fingerprint density at radius 2 is 1.59 bits per heavy atom. The van der Waals surface area contributed by atoms with Crippen LogP contribution in [-0.2, 0) is 50.3 Å². The lowest BCUT2D eigenvalue weighted by Crippen LogP contribution is -2.43. The molecule has 37 heavy (non-hydrogen) atoms. The molecular formula is C28H35O8P. The summed E-state index contributed by atoms with van der Waals surface area (Å²) < 4.78 is 55.1. The number of hydrogen-bond donors (Lipinski definition) is 0. The summed E-state index contributed by atoms with van der Waals surface area (Å²) in [5, 5.41) is 0. The Bertz CT molecular complexity index is 1000. The molecule has 2 aliphatic rings. The maximum absolute atomic E-state index is 13.8. The predicted octanol–water partition coefficient (Wildman–Crippen LogP) is 5.61. The van der Waals surface area contributed by atoms with Crippen LogP contribution in [0.2, 0.25) is 0 Å². The third-order valence-electron chi connectivity index (χ3n) is 5.99. The molecule has 0 bridgehead atoms. The van der Waals surface area contributed by atoms with Crippen LogP contribution in [0.3, 0.4) is 0 Å². The van der Waals surface area contributed by atoms with Gasteiger partial charge >= 0.3 is 7.82 Å². The van der Waals surface area contributed by atoms with Crippen LogP contribution in [0.15, 0.2) is 60.7 Å². The van der Waals surface area contributed by atoms with Gasteiger partial charge in [-0.15, -0.1) is 6.42 Å². The lowest BCUT2D eigenvalue weighted by molar-refractivity contribution is -0.224. The second-order valence-electron chi connectivity index (χ2n) is 9.42. The van der Waals surface area contributed by atoms with E-state index < -0.39 is 38.2 Å². The maximum Gasteiger partial charge on any atom is 0.475 e. The third kappa shape index (κ3) is 8.47. The zero-order valence-electron chi connectivity index (χ0n) is 21.3. The largest absolute Gasteiger partial charge is 0.475 e. The molecule has 0 spiro atoms. The minimum absolute atomic E-state index is 0.0488. The highest BCUT2D eigenvalue weighted by Crippen LogP contribution is 2.51. The molecule has 0 N–H and O–H groups in total. The molecule has 2 heterocycles. The van der Waals surface area contributed by atoms with Crippen molar-refractivity contribution in [2.75, 3.05) is 13.2 Å². The number of phosphoric acid groups is 1. The standard InChI is InChI=1S/C28H35O8P/c1-4-24-27(36-28(2,3)35-24)25(34-26-17-11-12-18-30-26)21-33-37(29,31-19-22-13-7-5-8-14-22)32-20-23-15-9-6-10-16-23/h1,5-10,13-16,24-27H,11-12,17-21H2,2-3H3/t24-,25-,26?,27+/m1/s1. The van der Waals surface area contributed by atoms with Crippen LogP contribution in [0.5, 0.6) is 0 Å². The topological polar surface area (TPSA) is 81.7 Å². The molecule has 2 aromatic rings. The number of rotatable bonds is 12. The average molecular weight is 531 g/mol. The van der Waals surface area contributed by atoms with Gasteiger partial charge in [0.1, 0.15) is 18.3 Å². The molecule has 9 heteroatoms. The Hall–Kier alpha value is -2.05. The van der Waals surface area contributed by atoms with Gasteiger partial charge in [0, 0.05) is 6.61 Å². The Balaban J connectivity index is 1.49. The van der Waals surface area contributed by atoms with Gasteiger partial charge in [-0.2, -0.15) is 0 Å². The van der Waals surface area contributed by atoms with Gasteiger partial charge in [0.25, 0.3) is 0 Å². The molecule has 2 aromatic carbocycles. The van der Waals surface area contributed by atoms with E-state index in [4.69, 9.17) is 38.9 Å². The fourth-order valence-corrected chi connectivity index (χ4v) is 5.31. The molecule has 1 unspecified atom stereocenters. The average Bonchev–Trinajstić information content (AvgIpc) is 3.25. The lowest BCUT2D eigenvalue weighted by Gasteiger charge is -2.32. The van der Waals surface area contributed by atoms with Gasteiger partial charge < -0.3 is 18.9 Å². The summed E-state index contributed by atoms with van der Waals surface area (Å²) in [5.41, 5.74) is 1.67. The molecule has 0 radical (unpaired) electrons. The number of hydrogen-bond acceptors (Lipinski definition) is 8. The van der Waals surface area contributed by atoms with Crippen molar-refractivity contribution in [3.8, 4) is 12.3 Å². The van der Waals surface area contributed by atoms with Crippen LogP contribution in [-0.4, -0.2) is 43.6 Å². The van der Waals surface area contributed by atoms with E-state index in [2.05, 4.69) is 5.92 Å². The van der Waals surface area contributed by atoms with Crippen LogP contribution in [0.4, 0.5) is 0 Å². The van der Waals surface area contributed by atoms with Crippen molar-refractivity contribution in [2.24, 2.45) is 0 Å². The van der Waals surface area contributed by atoms with Crippen LogP contribution in [0, 0.1) is 12.3 Å². The van der Waals surface area contributed by atoms with E-state index in [9.17, 15) is 4.57 Å². The first-order valence-corrected chi connectivity index (χ1v) is 14.0. The van der Waals surface area contributed by atoms with E-state index in [0.717, 1.165) is 30.4 Å². The van der Waals surface area contributed by atoms with Crippen molar-refractivity contribution in [1.82, 2.24) is 0 Å². The van der Waals surface area contributed by atoms with Crippen LogP contribution < -0.4 is 0 Å². The molecular weight excluding hydrogens is 495 g/mol. The minimum Gasteiger partial charge on any atom is -0.353 e. The first-order chi connectivity index (χ1) is 17.9.